The molecule has 2 aromatic heterocycles. The number of nitrogens with zero attached hydrogens (tertiary/aromatic N) is 3. The van der Waals surface area contributed by atoms with Crippen LogP contribution in [0, 0.1) is 19.8 Å². The molecular weight excluding hydrogens is 338 g/mol. The topological polar surface area (TPSA) is 101 Å². The van der Waals surface area contributed by atoms with Crippen LogP contribution >= 0.6 is 11.3 Å². The van der Waals surface area contributed by atoms with Gasteiger partial charge in [0.2, 0.25) is 5.91 Å². The molecule has 0 spiro atoms. The lowest BCUT2D eigenvalue weighted by Crippen LogP contribution is -2.39. The Hall–Kier alpha value is -2.22. The number of thiophene rings is 1. The Morgan fingerprint density at radius 2 is 2.00 bits per heavy atom. The maximum absolute atomic E-state index is 12.9. The van der Waals surface area contributed by atoms with Crippen molar-refractivity contribution in [2.24, 2.45) is 5.92 Å². The highest BCUT2D eigenvalue weighted by molar-refractivity contribution is 7.21. The number of amides is 2. The minimum atomic E-state index is -0.0827. The van der Waals surface area contributed by atoms with E-state index < -0.39 is 0 Å². The van der Waals surface area contributed by atoms with E-state index in [9.17, 15) is 9.59 Å². The molecule has 2 amide bonds. The van der Waals surface area contributed by atoms with Crippen LogP contribution in [0.1, 0.15) is 40.2 Å². The van der Waals surface area contributed by atoms with Gasteiger partial charge in [-0.3, -0.25) is 9.59 Å². The summed E-state index contributed by atoms with van der Waals surface area (Å²) in [5.41, 5.74) is 8.54. The molecule has 8 heteroatoms. The normalized spacial score (nSPS) is 20.2. The highest BCUT2D eigenvalue weighted by Gasteiger charge is 2.34. The maximum atomic E-state index is 12.9. The first-order valence-corrected chi connectivity index (χ1v) is 9.39. The van der Waals surface area contributed by atoms with Gasteiger partial charge in [-0.2, -0.15) is 5.10 Å². The summed E-state index contributed by atoms with van der Waals surface area (Å²) in [6.07, 6.45) is 2.76. The highest BCUT2D eigenvalue weighted by atomic mass is 32.1. The van der Waals surface area contributed by atoms with Crippen molar-refractivity contribution >= 4 is 39.1 Å². The molecule has 0 bridgehead atoms. The van der Waals surface area contributed by atoms with Gasteiger partial charge in [0.15, 0.2) is 0 Å². The van der Waals surface area contributed by atoms with Gasteiger partial charge >= 0.3 is 0 Å². The molecule has 2 aliphatic rings. The molecule has 1 saturated carbocycles. The van der Waals surface area contributed by atoms with Gasteiger partial charge in [0.25, 0.3) is 5.91 Å². The largest absolute Gasteiger partial charge is 0.397 e. The molecule has 132 valence electrons. The third kappa shape index (κ3) is 2.84. The third-order valence-corrected chi connectivity index (χ3v) is 6.18. The Kier molecular flexibility index (Phi) is 3.87. The van der Waals surface area contributed by atoms with Crippen LogP contribution < -0.4 is 11.1 Å². The fourth-order valence-corrected chi connectivity index (χ4v) is 4.34. The lowest BCUT2D eigenvalue weighted by molar-refractivity contribution is -0.122. The number of nitrogens with two attached hydrogens (primary N) is 1. The molecule has 0 radical (unpaired) electrons. The van der Waals surface area contributed by atoms with Crippen LogP contribution in [0.5, 0.6) is 0 Å². The maximum Gasteiger partial charge on any atom is 0.266 e. The first-order chi connectivity index (χ1) is 12.0. The van der Waals surface area contributed by atoms with Crippen molar-refractivity contribution in [1.82, 2.24) is 20.4 Å². The Labute approximate surface area is 149 Å². The number of aryl methyl sites for hydroxylation is 2. The van der Waals surface area contributed by atoms with Gasteiger partial charge in [0, 0.05) is 30.4 Å². The van der Waals surface area contributed by atoms with Crippen LogP contribution in [0.15, 0.2) is 0 Å². The molecule has 7 nitrogen and oxygen atoms in total. The van der Waals surface area contributed by atoms with Crippen molar-refractivity contribution < 1.29 is 9.59 Å². The van der Waals surface area contributed by atoms with E-state index in [0.717, 1.165) is 35.9 Å². The molecule has 1 saturated heterocycles. The second kappa shape index (κ2) is 5.94. The monoisotopic (exact) mass is 359 g/mol. The highest BCUT2D eigenvalue weighted by Crippen LogP contribution is 2.36. The molecular formula is C17H21N5O2S. The van der Waals surface area contributed by atoms with Crippen molar-refractivity contribution in [3.8, 4) is 0 Å². The Morgan fingerprint density at radius 1 is 1.24 bits per heavy atom. The summed E-state index contributed by atoms with van der Waals surface area (Å²) in [5.74, 6) is 0.232. The fourth-order valence-electron chi connectivity index (χ4n) is 3.27. The lowest BCUT2D eigenvalue weighted by atomic mass is 10.1. The standard InChI is InChI=1S/C17H21N5O2S/c1-8-9(2)20-21-16-12(8)13(18)14(25-16)17(24)22-6-5-11(7-22)19-15(23)10-3-4-10/h10-11H,3-7,18H2,1-2H3,(H,19,23). The first kappa shape index (κ1) is 16.3. The molecule has 0 aromatic carbocycles. The molecule has 2 aromatic rings. The molecule has 1 aliphatic heterocycles. The van der Waals surface area contributed by atoms with Gasteiger partial charge in [-0.1, -0.05) is 0 Å². The minimum absolute atomic E-state index is 0.0384. The van der Waals surface area contributed by atoms with Gasteiger partial charge < -0.3 is 16.0 Å². The van der Waals surface area contributed by atoms with E-state index in [1.807, 2.05) is 13.8 Å². The van der Waals surface area contributed by atoms with Gasteiger partial charge in [-0.25, -0.2) is 0 Å². The predicted octanol–water partition coefficient (Wildman–Crippen LogP) is 1.63. The quantitative estimate of drug-likeness (QED) is 0.867. The van der Waals surface area contributed by atoms with Gasteiger partial charge in [0.05, 0.1) is 11.4 Å². The zero-order valence-corrected chi connectivity index (χ0v) is 15.2. The van der Waals surface area contributed by atoms with Crippen LogP contribution in [-0.2, 0) is 4.79 Å². The number of carbonyl (C=O) groups is 2. The summed E-state index contributed by atoms with van der Waals surface area (Å²) in [5, 5.41) is 12.2. The van der Waals surface area contributed by atoms with E-state index in [1.54, 1.807) is 4.90 Å². The van der Waals surface area contributed by atoms with E-state index in [-0.39, 0.29) is 23.8 Å². The van der Waals surface area contributed by atoms with E-state index >= 15 is 0 Å². The van der Waals surface area contributed by atoms with Crippen molar-refractivity contribution in [2.45, 2.75) is 39.2 Å². The van der Waals surface area contributed by atoms with Gasteiger partial charge in [-0.05, 0) is 38.7 Å². The Balaban J connectivity index is 1.53. The smallest absolute Gasteiger partial charge is 0.266 e. The van der Waals surface area contributed by atoms with Crippen molar-refractivity contribution in [3.05, 3.63) is 16.1 Å². The third-order valence-electron chi connectivity index (χ3n) is 5.10. The molecule has 25 heavy (non-hydrogen) atoms. The number of likely N-dealkylation sites (tertiary alicyclic amines) is 1. The number of aromatic nitrogens is 2. The second-order valence-electron chi connectivity index (χ2n) is 6.96. The molecule has 1 unspecified atom stereocenters. The fraction of sp³-hybridized carbons (Fsp3) is 0.529. The zero-order valence-electron chi connectivity index (χ0n) is 14.3. The van der Waals surface area contributed by atoms with Crippen LogP contribution in [-0.4, -0.2) is 46.0 Å². The van der Waals surface area contributed by atoms with Gasteiger partial charge in [0.1, 0.15) is 9.71 Å². The molecule has 3 heterocycles. The first-order valence-electron chi connectivity index (χ1n) is 8.57. The van der Waals surface area contributed by atoms with Crippen LogP contribution in [0.3, 0.4) is 0 Å². The van der Waals surface area contributed by atoms with Crippen molar-refractivity contribution in [2.75, 3.05) is 18.8 Å². The SMILES string of the molecule is Cc1nnc2sc(C(=O)N3CCC(NC(=O)C4CC4)C3)c(N)c2c1C. The summed E-state index contributed by atoms with van der Waals surface area (Å²) < 4.78 is 0. The zero-order chi connectivity index (χ0) is 17.7. The predicted molar refractivity (Wildman–Crippen MR) is 96.5 cm³/mol. The summed E-state index contributed by atoms with van der Waals surface area (Å²) in [4.78, 5) is 27.8. The summed E-state index contributed by atoms with van der Waals surface area (Å²) in [6.45, 7) is 5.00. The van der Waals surface area contributed by atoms with Crippen LogP contribution in [0.25, 0.3) is 10.2 Å². The van der Waals surface area contributed by atoms with Crippen molar-refractivity contribution in [3.63, 3.8) is 0 Å². The lowest BCUT2D eigenvalue weighted by Gasteiger charge is -2.16. The number of nitrogens with one attached hydrogen (secondary N) is 1. The van der Waals surface area contributed by atoms with E-state index in [0.29, 0.717) is 28.5 Å². The molecule has 4 rings (SSSR count). The number of hydrogen-bond acceptors (Lipinski definition) is 6. The molecule has 3 N–H and O–H groups in total. The van der Waals surface area contributed by atoms with Crippen molar-refractivity contribution in [1.29, 1.82) is 0 Å². The van der Waals surface area contributed by atoms with Crippen LogP contribution in [0.4, 0.5) is 5.69 Å². The average Bonchev–Trinajstić information content (AvgIpc) is 3.25. The van der Waals surface area contributed by atoms with E-state index in [4.69, 9.17) is 5.73 Å². The summed E-state index contributed by atoms with van der Waals surface area (Å²) >= 11 is 1.29. The Bertz CT molecular complexity index is 874. The average molecular weight is 359 g/mol. The molecule has 2 fully saturated rings. The second-order valence-corrected chi connectivity index (χ2v) is 7.95. The van der Waals surface area contributed by atoms with Crippen LogP contribution in [0.2, 0.25) is 0 Å². The number of anilines is 1. The number of hydrogen-bond donors (Lipinski definition) is 2. The number of nitrogen functional groups attached to an aromatic ring is 1. The summed E-state index contributed by atoms with van der Waals surface area (Å²) in [7, 11) is 0. The Morgan fingerprint density at radius 3 is 2.72 bits per heavy atom. The summed E-state index contributed by atoms with van der Waals surface area (Å²) in [6, 6.07) is 0.0384. The molecule has 1 aliphatic carbocycles. The van der Waals surface area contributed by atoms with E-state index in [2.05, 4.69) is 15.5 Å². The van der Waals surface area contributed by atoms with E-state index in [1.165, 1.54) is 11.3 Å². The number of carbonyl (C=O) groups excluding carboxylic acids is 2. The number of rotatable bonds is 3. The van der Waals surface area contributed by atoms with Gasteiger partial charge in [-0.15, -0.1) is 16.4 Å². The number of fused-ring (bicyclic) bond motifs is 1. The minimum Gasteiger partial charge on any atom is -0.397 e. The molecule has 1 atom stereocenters.